The molecule has 0 spiro atoms. The van der Waals surface area contributed by atoms with E-state index in [1.165, 1.54) is 0 Å². The maximum atomic E-state index is 12.6. The van der Waals surface area contributed by atoms with E-state index in [9.17, 15) is 9.59 Å². The Morgan fingerprint density at radius 2 is 1.77 bits per heavy atom. The van der Waals surface area contributed by atoms with E-state index in [1.807, 2.05) is 47.5 Å². The van der Waals surface area contributed by atoms with Crippen molar-refractivity contribution in [2.45, 2.75) is 19.9 Å². The Morgan fingerprint density at radius 1 is 1.03 bits per heavy atom. The van der Waals surface area contributed by atoms with Gasteiger partial charge in [-0.05, 0) is 48.9 Å². The Labute approximate surface area is 176 Å². The Balaban J connectivity index is 1.32. The number of nitrogens with one attached hydrogen (secondary N) is 2. The number of benzene rings is 2. The van der Waals surface area contributed by atoms with Crippen LogP contribution in [0, 0.1) is 6.92 Å². The average molecular weight is 405 g/mol. The summed E-state index contributed by atoms with van der Waals surface area (Å²) in [6.45, 7) is 5.85. The molecule has 0 aliphatic carbocycles. The summed E-state index contributed by atoms with van der Waals surface area (Å²) in [7, 11) is 2.07. The van der Waals surface area contributed by atoms with Crippen LogP contribution in [0.4, 0.5) is 0 Å². The highest BCUT2D eigenvalue weighted by Crippen LogP contribution is 2.22. The normalized spacial score (nSPS) is 14.8. The standard InChI is InChI=1S/C24H28N4O2/c1-17-4-3-5-21-23(17)20(16-25-21)14-22(29)26-15-18-6-8-19(9-7-18)24(30)28-12-10-27(2)11-13-28/h3-9,16,25H,10-15H2,1-2H3,(H,26,29). The largest absolute Gasteiger partial charge is 0.361 e. The molecule has 0 saturated carbocycles. The maximum Gasteiger partial charge on any atom is 0.253 e. The van der Waals surface area contributed by atoms with Crippen molar-refractivity contribution >= 4 is 22.7 Å². The molecular weight excluding hydrogens is 376 g/mol. The number of H-pyrrole nitrogens is 1. The lowest BCUT2D eigenvalue weighted by Gasteiger charge is -2.32. The lowest BCUT2D eigenvalue weighted by molar-refractivity contribution is -0.120. The second-order valence-corrected chi connectivity index (χ2v) is 8.06. The van der Waals surface area contributed by atoms with Crippen LogP contribution in [0.25, 0.3) is 10.9 Å². The van der Waals surface area contributed by atoms with Crippen LogP contribution in [0.3, 0.4) is 0 Å². The number of rotatable bonds is 5. The van der Waals surface area contributed by atoms with Gasteiger partial charge in [0.2, 0.25) is 5.91 Å². The molecule has 1 aromatic heterocycles. The molecule has 6 nitrogen and oxygen atoms in total. The van der Waals surface area contributed by atoms with E-state index < -0.39 is 0 Å². The second kappa shape index (κ2) is 8.71. The third-order valence-corrected chi connectivity index (χ3v) is 5.83. The van der Waals surface area contributed by atoms with E-state index in [4.69, 9.17) is 0 Å². The van der Waals surface area contributed by atoms with Gasteiger partial charge in [-0.15, -0.1) is 0 Å². The molecule has 0 bridgehead atoms. The molecule has 1 aliphatic rings. The van der Waals surface area contributed by atoms with Gasteiger partial charge in [0.25, 0.3) is 5.91 Å². The van der Waals surface area contributed by atoms with Gasteiger partial charge in [-0.2, -0.15) is 0 Å². The Hall–Kier alpha value is -3.12. The Morgan fingerprint density at radius 3 is 2.50 bits per heavy atom. The number of carbonyl (C=O) groups is 2. The van der Waals surface area contributed by atoms with Crippen LogP contribution in [0.2, 0.25) is 0 Å². The fourth-order valence-electron chi connectivity index (χ4n) is 3.98. The van der Waals surface area contributed by atoms with Crippen molar-refractivity contribution in [3.63, 3.8) is 0 Å². The number of carbonyl (C=O) groups excluding carboxylic acids is 2. The molecule has 4 rings (SSSR count). The number of likely N-dealkylation sites (N-methyl/N-ethyl adjacent to an activating group) is 1. The predicted molar refractivity (Wildman–Crippen MR) is 118 cm³/mol. The molecule has 2 N–H and O–H groups in total. The number of piperazine rings is 1. The summed E-state index contributed by atoms with van der Waals surface area (Å²) >= 11 is 0. The van der Waals surface area contributed by atoms with Gasteiger partial charge >= 0.3 is 0 Å². The van der Waals surface area contributed by atoms with Crippen LogP contribution in [0.15, 0.2) is 48.7 Å². The zero-order chi connectivity index (χ0) is 21.1. The predicted octanol–water partition coefficient (Wildman–Crippen LogP) is 2.72. The van der Waals surface area contributed by atoms with Crippen molar-refractivity contribution in [2.75, 3.05) is 33.2 Å². The molecule has 156 valence electrons. The Kier molecular flexibility index (Phi) is 5.86. The summed E-state index contributed by atoms with van der Waals surface area (Å²) in [5, 5.41) is 4.11. The van der Waals surface area contributed by atoms with E-state index in [2.05, 4.69) is 35.2 Å². The minimum atomic E-state index is -0.0169. The van der Waals surface area contributed by atoms with Crippen molar-refractivity contribution in [1.82, 2.24) is 20.1 Å². The third-order valence-electron chi connectivity index (χ3n) is 5.83. The molecule has 30 heavy (non-hydrogen) atoms. The molecule has 1 fully saturated rings. The number of amides is 2. The number of hydrogen-bond donors (Lipinski definition) is 2. The van der Waals surface area contributed by atoms with Gasteiger partial charge < -0.3 is 20.1 Å². The van der Waals surface area contributed by atoms with E-state index in [1.54, 1.807) is 0 Å². The van der Waals surface area contributed by atoms with Crippen LogP contribution in [0.5, 0.6) is 0 Å². The molecule has 1 aliphatic heterocycles. The van der Waals surface area contributed by atoms with Gasteiger partial charge in [0.15, 0.2) is 0 Å². The van der Waals surface area contributed by atoms with Gasteiger partial charge in [-0.3, -0.25) is 9.59 Å². The number of aromatic nitrogens is 1. The van der Waals surface area contributed by atoms with Crippen LogP contribution in [-0.2, 0) is 17.8 Å². The van der Waals surface area contributed by atoms with Gasteiger partial charge in [0.05, 0.1) is 6.42 Å². The molecule has 1 saturated heterocycles. The minimum Gasteiger partial charge on any atom is -0.361 e. The van der Waals surface area contributed by atoms with Gasteiger partial charge in [-0.25, -0.2) is 0 Å². The lowest BCUT2D eigenvalue weighted by atomic mass is 10.1. The number of fused-ring (bicyclic) bond motifs is 1. The highest BCUT2D eigenvalue weighted by Gasteiger charge is 2.20. The molecular formula is C24H28N4O2. The zero-order valence-corrected chi connectivity index (χ0v) is 17.6. The number of aryl methyl sites for hydroxylation is 1. The zero-order valence-electron chi connectivity index (χ0n) is 17.6. The van der Waals surface area contributed by atoms with Crippen molar-refractivity contribution in [3.05, 3.63) is 70.9 Å². The first kappa shape index (κ1) is 20.2. The molecule has 2 amide bonds. The first-order valence-electron chi connectivity index (χ1n) is 10.4. The lowest BCUT2D eigenvalue weighted by Crippen LogP contribution is -2.47. The number of aromatic amines is 1. The summed E-state index contributed by atoms with van der Waals surface area (Å²) in [6, 6.07) is 13.6. The summed E-state index contributed by atoms with van der Waals surface area (Å²) in [5.74, 6) is 0.0603. The van der Waals surface area contributed by atoms with Gasteiger partial charge in [0.1, 0.15) is 0 Å². The maximum absolute atomic E-state index is 12.6. The summed E-state index contributed by atoms with van der Waals surface area (Å²) in [5.41, 5.74) is 4.90. The first-order valence-corrected chi connectivity index (χ1v) is 10.4. The molecule has 2 aromatic carbocycles. The van der Waals surface area contributed by atoms with Crippen molar-refractivity contribution in [2.24, 2.45) is 0 Å². The fourth-order valence-corrected chi connectivity index (χ4v) is 3.98. The third kappa shape index (κ3) is 4.39. The van der Waals surface area contributed by atoms with E-state index in [0.717, 1.165) is 53.8 Å². The summed E-state index contributed by atoms with van der Waals surface area (Å²) < 4.78 is 0. The van der Waals surface area contributed by atoms with Crippen molar-refractivity contribution in [1.29, 1.82) is 0 Å². The molecule has 0 unspecified atom stereocenters. The number of nitrogens with zero attached hydrogens (tertiary/aromatic N) is 2. The van der Waals surface area contributed by atoms with Gasteiger partial charge in [-0.1, -0.05) is 24.3 Å². The topological polar surface area (TPSA) is 68.4 Å². The van der Waals surface area contributed by atoms with Crippen LogP contribution in [0.1, 0.15) is 27.0 Å². The van der Waals surface area contributed by atoms with E-state index in [-0.39, 0.29) is 11.8 Å². The quantitative estimate of drug-likeness (QED) is 0.687. The molecule has 0 atom stereocenters. The smallest absolute Gasteiger partial charge is 0.253 e. The monoisotopic (exact) mass is 404 g/mol. The molecule has 6 heteroatoms. The average Bonchev–Trinajstić information content (AvgIpc) is 3.17. The van der Waals surface area contributed by atoms with Crippen LogP contribution in [-0.4, -0.2) is 59.8 Å². The highest BCUT2D eigenvalue weighted by atomic mass is 16.2. The van der Waals surface area contributed by atoms with Crippen LogP contribution >= 0.6 is 0 Å². The minimum absolute atomic E-state index is 0.0169. The number of hydrogen-bond acceptors (Lipinski definition) is 3. The van der Waals surface area contributed by atoms with Gasteiger partial charge in [0, 0.05) is 55.4 Å². The van der Waals surface area contributed by atoms with E-state index in [0.29, 0.717) is 18.5 Å². The SMILES string of the molecule is Cc1cccc2[nH]cc(CC(=O)NCc3ccc(C(=O)N4CCN(C)CC4)cc3)c12. The van der Waals surface area contributed by atoms with E-state index >= 15 is 0 Å². The molecule has 2 heterocycles. The van der Waals surface area contributed by atoms with Crippen molar-refractivity contribution in [3.8, 4) is 0 Å². The summed E-state index contributed by atoms with van der Waals surface area (Å²) in [4.78, 5) is 32.5. The molecule has 3 aromatic rings. The first-order chi connectivity index (χ1) is 14.5. The highest BCUT2D eigenvalue weighted by molar-refractivity contribution is 5.94. The molecule has 0 radical (unpaired) electrons. The summed E-state index contributed by atoms with van der Waals surface area (Å²) in [6.07, 6.45) is 2.25. The Bertz CT molecular complexity index is 1050. The van der Waals surface area contributed by atoms with Crippen molar-refractivity contribution < 1.29 is 9.59 Å². The van der Waals surface area contributed by atoms with Crippen LogP contribution < -0.4 is 5.32 Å². The second-order valence-electron chi connectivity index (χ2n) is 8.06. The fraction of sp³-hybridized carbons (Fsp3) is 0.333.